The zero-order valence-corrected chi connectivity index (χ0v) is 12.6. The van der Waals surface area contributed by atoms with Gasteiger partial charge in [-0.3, -0.25) is 15.3 Å². The first-order valence-electron chi connectivity index (χ1n) is 6.12. The molecule has 5 heteroatoms. The van der Waals surface area contributed by atoms with Crippen molar-refractivity contribution in [2.24, 2.45) is 11.7 Å². The van der Waals surface area contributed by atoms with Crippen LogP contribution in [0, 0.1) is 11.3 Å². The second-order valence-electron chi connectivity index (χ2n) is 4.92. The van der Waals surface area contributed by atoms with Crippen LogP contribution in [0.15, 0.2) is 22.9 Å². The van der Waals surface area contributed by atoms with E-state index >= 15 is 0 Å². The molecule has 0 saturated heterocycles. The van der Waals surface area contributed by atoms with Gasteiger partial charge in [-0.1, -0.05) is 13.8 Å². The molecular weight excluding hydrogens is 292 g/mol. The van der Waals surface area contributed by atoms with Crippen LogP contribution in [0.2, 0.25) is 0 Å². The molecule has 0 radical (unpaired) electrons. The topological polar surface area (TPSA) is 66.0 Å². The number of nitrogens with two attached hydrogens (primary N) is 1. The number of pyridine rings is 1. The van der Waals surface area contributed by atoms with Gasteiger partial charge in [-0.05, 0) is 33.5 Å². The molecular formula is C13H21BrN4. The monoisotopic (exact) mass is 312 g/mol. The number of hydrogen-bond donors (Lipinski definition) is 2. The second kappa shape index (κ2) is 7.48. The maximum Gasteiger partial charge on any atom is 0.0918 e. The van der Waals surface area contributed by atoms with E-state index in [1.54, 1.807) is 6.20 Å². The Hall–Kier alpha value is -0.940. The van der Waals surface area contributed by atoms with Crippen LogP contribution >= 0.6 is 15.9 Å². The fraction of sp³-hybridized carbons (Fsp3) is 0.538. The molecule has 0 aromatic carbocycles. The maximum absolute atomic E-state index is 7.32. The normalized spacial score (nSPS) is 11.2. The summed E-state index contributed by atoms with van der Waals surface area (Å²) < 4.78 is 0.996. The minimum Gasteiger partial charge on any atom is -0.388 e. The first-order chi connectivity index (χ1) is 8.47. The van der Waals surface area contributed by atoms with E-state index < -0.39 is 0 Å². The van der Waals surface area contributed by atoms with E-state index in [-0.39, 0.29) is 5.84 Å². The summed E-state index contributed by atoms with van der Waals surface area (Å²) in [5.74, 6) is 0.841. The predicted molar refractivity (Wildman–Crippen MR) is 78.6 cm³/mol. The molecule has 0 amide bonds. The summed E-state index contributed by atoms with van der Waals surface area (Å²) in [6.45, 7) is 7.05. The Labute approximate surface area is 117 Å². The van der Waals surface area contributed by atoms with E-state index in [4.69, 9.17) is 11.1 Å². The van der Waals surface area contributed by atoms with Gasteiger partial charge in [0.15, 0.2) is 0 Å². The standard InChI is InChI=1S/C13H21BrN4/c1-10(2)8-18(4-3-13(15)16)9-11-5-12(14)7-17-6-11/h5-7,10H,3-4,8-9H2,1-2H3,(H3,15,16). The predicted octanol–water partition coefficient (Wildman–Crippen LogP) is 2.63. The number of amidine groups is 1. The molecule has 0 saturated carbocycles. The molecule has 0 fully saturated rings. The minimum absolute atomic E-state index is 0.246. The van der Waals surface area contributed by atoms with Crippen LogP contribution in [-0.2, 0) is 6.54 Å². The fourth-order valence-corrected chi connectivity index (χ4v) is 2.24. The number of rotatable bonds is 7. The van der Waals surface area contributed by atoms with Crippen LogP contribution in [0.4, 0.5) is 0 Å². The van der Waals surface area contributed by atoms with Gasteiger partial charge in [-0.2, -0.15) is 0 Å². The van der Waals surface area contributed by atoms with Crippen LogP contribution in [0.3, 0.4) is 0 Å². The first-order valence-corrected chi connectivity index (χ1v) is 6.91. The highest BCUT2D eigenvalue weighted by Crippen LogP contribution is 2.12. The summed E-state index contributed by atoms with van der Waals surface area (Å²) >= 11 is 3.43. The lowest BCUT2D eigenvalue weighted by molar-refractivity contribution is 0.242. The van der Waals surface area contributed by atoms with Crippen molar-refractivity contribution in [2.75, 3.05) is 13.1 Å². The van der Waals surface area contributed by atoms with Gasteiger partial charge in [0, 0.05) is 42.9 Å². The van der Waals surface area contributed by atoms with E-state index in [9.17, 15) is 0 Å². The Kier molecular flexibility index (Phi) is 6.29. The van der Waals surface area contributed by atoms with E-state index in [0.717, 1.165) is 24.1 Å². The molecule has 100 valence electrons. The molecule has 0 bridgehead atoms. The summed E-state index contributed by atoms with van der Waals surface area (Å²) in [5.41, 5.74) is 6.60. The van der Waals surface area contributed by atoms with Crippen LogP contribution < -0.4 is 5.73 Å². The lowest BCUT2D eigenvalue weighted by Gasteiger charge is -2.24. The van der Waals surface area contributed by atoms with Crippen molar-refractivity contribution in [3.8, 4) is 0 Å². The van der Waals surface area contributed by atoms with Crippen molar-refractivity contribution >= 4 is 21.8 Å². The van der Waals surface area contributed by atoms with Crippen molar-refractivity contribution in [1.82, 2.24) is 9.88 Å². The van der Waals surface area contributed by atoms with Crippen molar-refractivity contribution in [3.05, 3.63) is 28.5 Å². The van der Waals surface area contributed by atoms with E-state index in [2.05, 4.69) is 45.7 Å². The summed E-state index contributed by atoms with van der Waals surface area (Å²) in [4.78, 5) is 6.49. The number of nitrogens with zero attached hydrogens (tertiary/aromatic N) is 2. The molecule has 18 heavy (non-hydrogen) atoms. The highest BCUT2D eigenvalue weighted by molar-refractivity contribution is 9.10. The average molecular weight is 313 g/mol. The van der Waals surface area contributed by atoms with Gasteiger partial charge < -0.3 is 5.73 Å². The molecule has 0 atom stereocenters. The minimum atomic E-state index is 0.246. The van der Waals surface area contributed by atoms with E-state index in [0.29, 0.717) is 12.3 Å². The van der Waals surface area contributed by atoms with Gasteiger partial charge in [0.25, 0.3) is 0 Å². The zero-order chi connectivity index (χ0) is 13.5. The number of halogens is 1. The highest BCUT2D eigenvalue weighted by Gasteiger charge is 2.09. The van der Waals surface area contributed by atoms with E-state index in [1.165, 1.54) is 5.56 Å². The number of nitrogens with one attached hydrogen (secondary N) is 1. The Morgan fingerprint density at radius 3 is 2.78 bits per heavy atom. The van der Waals surface area contributed by atoms with Crippen LogP contribution in [0.1, 0.15) is 25.8 Å². The molecule has 1 aromatic rings. The third-order valence-corrected chi connectivity index (χ3v) is 2.92. The van der Waals surface area contributed by atoms with Crippen molar-refractivity contribution in [2.45, 2.75) is 26.8 Å². The van der Waals surface area contributed by atoms with Crippen LogP contribution in [0.25, 0.3) is 0 Å². The number of aromatic nitrogens is 1. The molecule has 1 rings (SSSR count). The largest absolute Gasteiger partial charge is 0.388 e. The van der Waals surface area contributed by atoms with Crippen molar-refractivity contribution in [1.29, 1.82) is 5.41 Å². The summed E-state index contributed by atoms with van der Waals surface area (Å²) in [7, 11) is 0. The molecule has 4 nitrogen and oxygen atoms in total. The number of hydrogen-bond acceptors (Lipinski definition) is 3. The Morgan fingerprint density at radius 2 is 2.22 bits per heavy atom. The summed E-state index contributed by atoms with van der Waals surface area (Å²) in [6.07, 6.45) is 4.28. The zero-order valence-electron chi connectivity index (χ0n) is 11.0. The third kappa shape index (κ3) is 6.12. The van der Waals surface area contributed by atoms with Crippen LogP contribution in [-0.4, -0.2) is 28.8 Å². The third-order valence-electron chi connectivity index (χ3n) is 2.49. The second-order valence-corrected chi connectivity index (χ2v) is 5.83. The summed E-state index contributed by atoms with van der Waals surface area (Å²) in [5, 5.41) is 7.32. The van der Waals surface area contributed by atoms with Crippen LogP contribution in [0.5, 0.6) is 0 Å². The van der Waals surface area contributed by atoms with Gasteiger partial charge in [-0.25, -0.2) is 0 Å². The molecule has 1 heterocycles. The van der Waals surface area contributed by atoms with E-state index in [1.807, 2.05) is 6.20 Å². The van der Waals surface area contributed by atoms with Gasteiger partial charge in [0.1, 0.15) is 0 Å². The lowest BCUT2D eigenvalue weighted by Crippen LogP contribution is -2.30. The molecule has 0 aliphatic heterocycles. The van der Waals surface area contributed by atoms with Gasteiger partial charge >= 0.3 is 0 Å². The van der Waals surface area contributed by atoms with Crippen molar-refractivity contribution < 1.29 is 0 Å². The van der Waals surface area contributed by atoms with Gasteiger partial charge in [-0.15, -0.1) is 0 Å². The Bertz CT molecular complexity index is 392. The lowest BCUT2D eigenvalue weighted by atomic mass is 10.1. The first kappa shape index (κ1) is 15.1. The Balaban J connectivity index is 2.62. The van der Waals surface area contributed by atoms with Gasteiger partial charge in [0.05, 0.1) is 5.84 Å². The van der Waals surface area contributed by atoms with Crippen molar-refractivity contribution in [3.63, 3.8) is 0 Å². The SMILES string of the molecule is CC(C)CN(CCC(=N)N)Cc1cncc(Br)c1. The van der Waals surface area contributed by atoms with Gasteiger partial charge in [0.2, 0.25) is 0 Å². The Morgan fingerprint density at radius 1 is 1.50 bits per heavy atom. The summed E-state index contributed by atoms with van der Waals surface area (Å²) in [6, 6.07) is 2.08. The fourth-order valence-electron chi connectivity index (χ4n) is 1.83. The molecule has 0 aliphatic carbocycles. The molecule has 0 aliphatic rings. The molecule has 0 spiro atoms. The maximum atomic E-state index is 7.32. The average Bonchev–Trinajstić information content (AvgIpc) is 2.25. The highest BCUT2D eigenvalue weighted by atomic mass is 79.9. The molecule has 3 N–H and O–H groups in total. The molecule has 0 unspecified atom stereocenters. The molecule has 1 aromatic heterocycles. The quantitative estimate of drug-likeness (QED) is 0.601. The smallest absolute Gasteiger partial charge is 0.0918 e.